The molecule has 236 valence electrons. The number of hydrogen-bond acceptors (Lipinski definition) is 6. The zero-order valence-corrected chi connectivity index (χ0v) is 28.0. The van der Waals surface area contributed by atoms with Gasteiger partial charge in [0.05, 0.1) is 34.5 Å². The van der Waals surface area contributed by atoms with Crippen molar-refractivity contribution in [2.75, 3.05) is 6.61 Å². The van der Waals surface area contributed by atoms with Crippen LogP contribution in [0.1, 0.15) is 57.2 Å². The molecule has 0 saturated carbocycles. The largest absolute Gasteiger partial charge is 0.491 e. The third kappa shape index (κ3) is 5.54. The van der Waals surface area contributed by atoms with Gasteiger partial charge in [0.2, 0.25) is 0 Å². The Morgan fingerprint density at radius 3 is 2.70 bits per heavy atom. The topological polar surface area (TPSA) is 86.5 Å². The van der Waals surface area contributed by atoms with Gasteiger partial charge in [-0.15, -0.1) is 11.3 Å². The molecule has 2 atom stereocenters. The molecule has 0 bridgehead atoms. The minimum atomic E-state index is -0.860. The predicted molar refractivity (Wildman–Crippen MR) is 185 cm³/mol. The number of thiazole rings is 1. The summed E-state index contributed by atoms with van der Waals surface area (Å²) in [7, 11) is 1.95. The monoisotopic (exact) mass is 633 g/mol. The summed E-state index contributed by atoms with van der Waals surface area (Å²) in [5, 5.41) is 16.5. The van der Waals surface area contributed by atoms with E-state index in [1.54, 1.807) is 11.3 Å². The van der Waals surface area contributed by atoms with Crippen molar-refractivity contribution in [3.05, 3.63) is 88.8 Å². The fourth-order valence-electron chi connectivity index (χ4n) is 6.87. The van der Waals surface area contributed by atoms with Gasteiger partial charge < -0.3 is 14.6 Å². The Hall–Kier alpha value is -4.27. The van der Waals surface area contributed by atoms with Crippen LogP contribution in [-0.2, 0) is 27.7 Å². The van der Waals surface area contributed by atoms with Crippen molar-refractivity contribution in [2.24, 2.45) is 13.0 Å². The van der Waals surface area contributed by atoms with Crippen LogP contribution >= 0.6 is 11.3 Å². The van der Waals surface area contributed by atoms with Crippen LogP contribution in [0.5, 0.6) is 0 Å². The number of aliphatic carboxylic acids is 1. The van der Waals surface area contributed by atoms with E-state index in [1.165, 1.54) is 5.57 Å². The van der Waals surface area contributed by atoms with Crippen LogP contribution in [0.15, 0.2) is 72.1 Å². The first kappa shape index (κ1) is 30.4. The number of aryl methyl sites for hydroxylation is 2. The Bertz CT molecular complexity index is 2080. The van der Waals surface area contributed by atoms with Crippen LogP contribution in [0.4, 0.5) is 0 Å². The van der Waals surface area contributed by atoms with Crippen LogP contribution in [-0.4, -0.2) is 44.2 Å². The highest BCUT2D eigenvalue weighted by molar-refractivity contribution is 7.22. The molecule has 3 aromatic carbocycles. The van der Waals surface area contributed by atoms with Crippen LogP contribution < -0.4 is 0 Å². The normalized spacial score (nSPS) is 18.6. The van der Waals surface area contributed by atoms with Gasteiger partial charge in [-0.05, 0) is 98.7 Å². The van der Waals surface area contributed by atoms with Crippen molar-refractivity contribution in [3.63, 3.8) is 0 Å². The van der Waals surface area contributed by atoms with Gasteiger partial charge in [0.1, 0.15) is 16.4 Å². The lowest BCUT2D eigenvalue weighted by molar-refractivity contribution is -0.136. The molecule has 1 fully saturated rings. The standard InChI is InChI=1S/C38H39N3O4S/c1-21-15-30-36(46-37(40-30)26-10-7-9-23(16-26)24-12-13-31-27(17-24)20-39-41(31)6)33(28(21)19-32(42)43)29-18-25-11-8-14-44-34(25)22(2)35(29)45-38(3,4)5/h7,9-10,12-13,15-18,20,22,34H,8,11,14,19H2,1-6H3,(H,42,43). The Labute approximate surface area is 273 Å². The summed E-state index contributed by atoms with van der Waals surface area (Å²) in [6.45, 7) is 11.1. The number of fused-ring (bicyclic) bond motifs is 3. The first-order chi connectivity index (χ1) is 22.0. The maximum atomic E-state index is 12.3. The second kappa shape index (κ2) is 11.5. The summed E-state index contributed by atoms with van der Waals surface area (Å²) < 4.78 is 15.9. The second-order valence-electron chi connectivity index (χ2n) is 13.5. The molecule has 1 saturated heterocycles. The molecule has 5 aromatic rings. The lowest BCUT2D eigenvalue weighted by Crippen LogP contribution is -2.35. The maximum Gasteiger partial charge on any atom is 0.307 e. The summed E-state index contributed by atoms with van der Waals surface area (Å²) >= 11 is 1.61. The van der Waals surface area contributed by atoms with Crippen molar-refractivity contribution < 1.29 is 19.4 Å². The Morgan fingerprint density at radius 1 is 1.13 bits per heavy atom. The van der Waals surface area contributed by atoms with E-state index in [0.29, 0.717) is 0 Å². The summed E-state index contributed by atoms with van der Waals surface area (Å²) in [5.74, 6) is -0.0191. The SMILES string of the molecule is Cc1cc2nc(-c3cccc(-c4ccc5c(cnn5C)c4)c3)sc2c(C2=C(OC(C)(C)C)C(C)C3OCCCC3=C2)c1CC(=O)O. The molecule has 0 radical (unpaired) electrons. The van der Waals surface area contributed by atoms with Crippen LogP contribution in [0.25, 0.3) is 48.4 Å². The Morgan fingerprint density at radius 2 is 1.91 bits per heavy atom. The summed E-state index contributed by atoms with van der Waals surface area (Å²) in [4.78, 5) is 17.4. The fourth-order valence-corrected chi connectivity index (χ4v) is 7.99. The minimum Gasteiger partial charge on any atom is -0.491 e. The van der Waals surface area contributed by atoms with Crippen molar-refractivity contribution in [3.8, 4) is 21.7 Å². The number of rotatable bonds is 6. The van der Waals surface area contributed by atoms with E-state index in [0.717, 1.165) is 90.3 Å². The lowest BCUT2D eigenvalue weighted by Gasteiger charge is -2.39. The van der Waals surface area contributed by atoms with Crippen molar-refractivity contribution in [2.45, 2.75) is 65.6 Å². The first-order valence-corrected chi connectivity index (χ1v) is 16.7. The number of benzene rings is 3. The molecule has 46 heavy (non-hydrogen) atoms. The zero-order valence-electron chi connectivity index (χ0n) is 27.2. The molecular formula is C38H39N3O4S. The van der Waals surface area contributed by atoms with E-state index in [-0.39, 0.29) is 18.4 Å². The van der Waals surface area contributed by atoms with Gasteiger partial charge in [0.15, 0.2) is 0 Å². The zero-order chi connectivity index (χ0) is 32.3. The molecule has 0 amide bonds. The molecule has 7 rings (SSSR count). The smallest absolute Gasteiger partial charge is 0.307 e. The summed E-state index contributed by atoms with van der Waals surface area (Å²) in [5.41, 5.74) is 9.58. The van der Waals surface area contributed by atoms with Crippen LogP contribution in [0, 0.1) is 12.8 Å². The number of nitrogens with zero attached hydrogens (tertiary/aromatic N) is 3. The Kier molecular flexibility index (Phi) is 7.60. The molecule has 2 unspecified atom stereocenters. The van der Waals surface area contributed by atoms with E-state index < -0.39 is 11.6 Å². The number of carboxylic acids is 1. The molecule has 8 heteroatoms. The van der Waals surface area contributed by atoms with E-state index >= 15 is 0 Å². The molecule has 2 aromatic heterocycles. The molecule has 3 heterocycles. The minimum absolute atomic E-state index is 0.0102. The summed E-state index contributed by atoms with van der Waals surface area (Å²) in [6, 6.07) is 16.9. The highest BCUT2D eigenvalue weighted by Crippen LogP contribution is 2.47. The van der Waals surface area contributed by atoms with Crippen LogP contribution in [0.3, 0.4) is 0 Å². The second-order valence-corrected chi connectivity index (χ2v) is 14.5. The average Bonchev–Trinajstić information content (AvgIpc) is 3.61. The maximum absolute atomic E-state index is 12.3. The van der Waals surface area contributed by atoms with Crippen LogP contribution in [0.2, 0.25) is 0 Å². The van der Waals surface area contributed by atoms with Gasteiger partial charge in [-0.3, -0.25) is 9.48 Å². The number of aromatic nitrogens is 3. The highest BCUT2D eigenvalue weighted by Gasteiger charge is 2.37. The van der Waals surface area contributed by atoms with Gasteiger partial charge >= 0.3 is 5.97 Å². The van der Waals surface area contributed by atoms with Crippen molar-refractivity contribution >= 4 is 44.0 Å². The lowest BCUT2D eigenvalue weighted by atomic mass is 9.79. The molecule has 1 N–H and O–H groups in total. The molecule has 1 aliphatic heterocycles. The average molecular weight is 634 g/mol. The quantitative estimate of drug-likeness (QED) is 0.201. The van der Waals surface area contributed by atoms with Gasteiger partial charge in [0, 0.05) is 41.7 Å². The Balaban J connectivity index is 1.42. The number of carbonyl (C=O) groups is 1. The van der Waals surface area contributed by atoms with Gasteiger partial charge in [-0.1, -0.05) is 31.2 Å². The van der Waals surface area contributed by atoms with E-state index in [4.69, 9.17) is 14.5 Å². The molecule has 2 aliphatic rings. The fraction of sp³-hybridized carbons (Fsp3) is 0.342. The van der Waals surface area contributed by atoms with Crippen molar-refractivity contribution in [1.29, 1.82) is 0 Å². The molecule has 7 nitrogen and oxygen atoms in total. The molecule has 0 spiro atoms. The third-order valence-corrected chi connectivity index (χ3v) is 10.1. The first-order valence-electron chi connectivity index (χ1n) is 15.9. The number of ether oxygens (including phenoxy) is 2. The highest BCUT2D eigenvalue weighted by atomic mass is 32.1. The number of hydrogen-bond donors (Lipinski definition) is 1. The van der Waals surface area contributed by atoms with E-state index in [1.807, 2.05) is 30.9 Å². The van der Waals surface area contributed by atoms with E-state index in [9.17, 15) is 9.90 Å². The number of carboxylic acid groups (broad SMARTS) is 1. The van der Waals surface area contributed by atoms with E-state index in [2.05, 4.69) is 81.3 Å². The predicted octanol–water partition coefficient (Wildman–Crippen LogP) is 8.73. The van der Waals surface area contributed by atoms with Crippen molar-refractivity contribution in [1.82, 2.24) is 14.8 Å². The van der Waals surface area contributed by atoms with Gasteiger partial charge in [-0.25, -0.2) is 4.98 Å². The summed E-state index contributed by atoms with van der Waals surface area (Å²) in [6.07, 6.45) is 5.92. The van der Waals surface area contributed by atoms with Gasteiger partial charge in [0.25, 0.3) is 0 Å². The number of allylic oxidation sites excluding steroid dienone is 2. The molecule has 1 aliphatic carbocycles. The van der Waals surface area contributed by atoms with Gasteiger partial charge in [-0.2, -0.15) is 5.10 Å². The third-order valence-electron chi connectivity index (χ3n) is 8.95. The molecular weight excluding hydrogens is 595 g/mol.